The van der Waals surface area contributed by atoms with E-state index in [1.807, 2.05) is 0 Å². The van der Waals surface area contributed by atoms with Gasteiger partial charge in [0.1, 0.15) is 0 Å². The maximum atomic E-state index is 13.0. The first-order chi connectivity index (χ1) is 14.9. The van der Waals surface area contributed by atoms with Crippen LogP contribution in [0.2, 0.25) is 0 Å². The molecule has 6 atom stereocenters. The van der Waals surface area contributed by atoms with Gasteiger partial charge in [0.2, 0.25) is 15.9 Å². The summed E-state index contributed by atoms with van der Waals surface area (Å²) in [7, 11) is -3.24. The summed E-state index contributed by atoms with van der Waals surface area (Å²) in [5, 5.41) is 10.5. The Morgan fingerprint density at radius 2 is 1.81 bits per heavy atom. The second kappa shape index (κ2) is 10.0. The normalized spacial score (nSPS) is 38.0. The van der Waals surface area contributed by atoms with Gasteiger partial charge < -0.3 is 16.4 Å². The fraction of sp³-hybridized carbons (Fsp3) is 0.952. The summed E-state index contributed by atoms with van der Waals surface area (Å²) < 4.78 is 26.0. The number of fused-ring (bicyclic) bond motifs is 1. The lowest BCUT2D eigenvalue weighted by atomic mass is 9.78. The molecule has 1 aliphatic carbocycles. The molecule has 6 unspecified atom stereocenters. The van der Waals surface area contributed by atoms with Gasteiger partial charge in [0, 0.05) is 38.8 Å². The molecule has 178 valence electrons. The first kappa shape index (κ1) is 23.4. The number of hydrogen-bond acceptors (Lipinski definition) is 7. The van der Waals surface area contributed by atoms with Crippen LogP contribution in [-0.2, 0) is 14.8 Å². The standard InChI is InChI=1S/C21H40N6O3S/c1-15-4-2-5-16-14-17(23-20(15)16)21(28)25-18-6-3-7-19(24-18)26-9-11-27(12-10-26)31(29,30)13-8-22/h15-20,23-24H,2-14,22H2,1H3,(H,25,28). The molecule has 0 spiro atoms. The second-order valence-corrected chi connectivity index (χ2v) is 12.0. The molecule has 9 nitrogen and oxygen atoms in total. The molecule has 4 rings (SSSR count). The number of carbonyl (C=O) groups is 1. The molecule has 3 aliphatic heterocycles. The number of nitrogens with zero attached hydrogens (tertiary/aromatic N) is 2. The van der Waals surface area contributed by atoms with E-state index in [1.54, 1.807) is 4.31 Å². The van der Waals surface area contributed by atoms with Crippen molar-refractivity contribution in [2.75, 3.05) is 38.5 Å². The van der Waals surface area contributed by atoms with Gasteiger partial charge in [-0.25, -0.2) is 8.42 Å². The van der Waals surface area contributed by atoms with Crippen molar-refractivity contribution in [3.8, 4) is 0 Å². The summed E-state index contributed by atoms with van der Waals surface area (Å²) in [5.74, 6) is 1.43. The SMILES string of the molecule is CC1CCCC2CC(C(=O)NC3CCCC(N4CCN(S(=O)(=O)CCN)CC4)N3)NC12. The van der Waals surface area contributed by atoms with E-state index in [1.165, 1.54) is 19.3 Å². The van der Waals surface area contributed by atoms with Crippen molar-refractivity contribution in [2.45, 2.75) is 76.3 Å². The molecule has 0 bridgehead atoms. The zero-order chi connectivity index (χ0) is 22.0. The maximum absolute atomic E-state index is 13.0. The Bertz CT molecular complexity index is 727. The predicted octanol–water partition coefficient (Wildman–Crippen LogP) is -0.399. The number of nitrogens with two attached hydrogens (primary N) is 1. The fourth-order valence-electron chi connectivity index (χ4n) is 6.04. The first-order valence-corrected chi connectivity index (χ1v) is 13.7. The van der Waals surface area contributed by atoms with Gasteiger partial charge in [0.15, 0.2) is 0 Å². The van der Waals surface area contributed by atoms with E-state index in [9.17, 15) is 13.2 Å². The van der Waals surface area contributed by atoms with Crippen LogP contribution in [0.5, 0.6) is 0 Å². The first-order valence-electron chi connectivity index (χ1n) is 12.1. The van der Waals surface area contributed by atoms with Crippen molar-refractivity contribution in [3.63, 3.8) is 0 Å². The predicted molar refractivity (Wildman–Crippen MR) is 121 cm³/mol. The summed E-state index contributed by atoms with van der Waals surface area (Å²) in [4.78, 5) is 15.3. The Labute approximate surface area is 186 Å². The van der Waals surface area contributed by atoms with E-state index in [0.717, 1.165) is 25.7 Å². The highest BCUT2D eigenvalue weighted by molar-refractivity contribution is 7.89. The molecule has 3 heterocycles. The van der Waals surface area contributed by atoms with Gasteiger partial charge >= 0.3 is 0 Å². The van der Waals surface area contributed by atoms with Gasteiger partial charge in [-0.2, -0.15) is 4.31 Å². The second-order valence-electron chi connectivity index (χ2n) is 9.86. The van der Waals surface area contributed by atoms with Crippen molar-refractivity contribution in [2.24, 2.45) is 17.6 Å². The van der Waals surface area contributed by atoms with Crippen molar-refractivity contribution >= 4 is 15.9 Å². The smallest absolute Gasteiger partial charge is 0.238 e. The topological polar surface area (TPSA) is 120 Å². The van der Waals surface area contributed by atoms with Crippen molar-refractivity contribution in [3.05, 3.63) is 0 Å². The minimum atomic E-state index is -3.24. The molecule has 5 N–H and O–H groups in total. The molecular weight excluding hydrogens is 416 g/mol. The number of carbonyl (C=O) groups excluding carboxylic acids is 1. The van der Waals surface area contributed by atoms with Crippen molar-refractivity contribution in [1.82, 2.24) is 25.2 Å². The van der Waals surface area contributed by atoms with Gasteiger partial charge in [0.25, 0.3) is 0 Å². The third-order valence-electron chi connectivity index (χ3n) is 7.77. The largest absolute Gasteiger partial charge is 0.339 e. The molecule has 31 heavy (non-hydrogen) atoms. The summed E-state index contributed by atoms with van der Waals surface area (Å²) in [6, 6.07) is 0.414. The lowest BCUT2D eigenvalue weighted by Gasteiger charge is -2.42. The molecular formula is C21H40N6O3S. The van der Waals surface area contributed by atoms with Crippen LogP contribution in [0.1, 0.15) is 51.9 Å². The highest BCUT2D eigenvalue weighted by Gasteiger charge is 2.42. The van der Waals surface area contributed by atoms with Crippen LogP contribution in [0.25, 0.3) is 0 Å². The van der Waals surface area contributed by atoms with E-state index in [4.69, 9.17) is 5.73 Å². The minimum Gasteiger partial charge on any atom is -0.339 e. The number of hydrogen-bond donors (Lipinski definition) is 4. The van der Waals surface area contributed by atoms with Gasteiger partial charge in [-0.05, 0) is 50.4 Å². The molecule has 0 aromatic rings. The summed E-state index contributed by atoms with van der Waals surface area (Å²) >= 11 is 0. The number of amides is 1. The van der Waals surface area contributed by atoms with Crippen molar-refractivity contribution < 1.29 is 13.2 Å². The molecule has 0 radical (unpaired) electrons. The zero-order valence-corrected chi connectivity index (χ0v) is 19.6. The Balaban J connectivity index is 1.25. The number of nitrogens with one attached hydrogen (secondary N) is 3. The van der Waals surface area contributed by atoms with Crippen LogP contribution < -0.4 is 21.7 Å². The average Bonchev–Trinajstić information content (AvgIpc) is 3.20. The van der Waals surface area contributed by atoms with E-state index >= 15 is 0 Å². The van der Waals surface area contributed by atoms with E-state index in [-0.39, 0.29) is 36.6 Å². The molecule has 4 aliphatic rings. The average molecular weight is 457 g/mol. The molecule has 1 amide bonds. The summed E-state index contributed by atoms with van der Waals surface area (Å²) in [6.45, 7) is 4.87. The molecule has 4 fully saturated rings. The van der Waals surface area contributed by atoms with E-state index in [2.05, 4.69) is 27.8 Å². The van der Waals surface area contributed by atoms with Crippen LogP contribution in [0.15, 0.2) is 0 Å². The van der Waals surface area contributed by atoms with Crippen LogP contribution in [0.3, 0.4) is 0 Å². The molecule has 3 saturated heterocycles. The monoisotopic (exact) mass is 456 g/mol. The highest BCUT2D eigenvalue weighted by atomic mass is 32.2. The van der Waals surface area contributed by atoms with Crippen LogP contribution in [0, 0.1) is 11.8 Å². The maximum Gasteiger partial charge on any atom is 0.238 e. The zero-order valence-electron chi connectivity index (χ0n) is 18.8. The van der Waals surface area contributed by atoms with Gasteiger partial charge in [-0.1, -0.05) is 13.3 Å². The third kappa shape index (κ3) is 5.42. The van der Waals surface area contributed by atoms with Crippen LogP contribution >= 0.6 is 0 Å². The van der Waals surface area contributed by atoms with E-state index in [0.29, 0.717) is 44.1 Å². The number of sulfonamides is 1. The van der Waals surface area contributed by atoms with Gasteiger partial charge in [-0.15, -0.1) is 0 Å². The third-order valence-corrected chi connectivity index (χ3v) is 9.67. The summed E-state index contributed by atoms with van der Waals surface area (Å²) in [6.07, 6.45) is 7.90. The Kier molecular flexibility index (Phi) is 7.55. The van der Waals surface area contributed by atoms with Gasteiger partial charge in [-0.3, -0.25) is 15.0 Å². The lowest BCUT2D eigenvalue weighted by Crippen LogP contribution is -2.62. The van der Waals surface area contributed by atoms with E-state index < -0.39 is 10.0 Å². The minimum absolute atomic E-state index is 0.0124. The summed E-state index contributed by atoms with van der Waals surface area (Å²) in [5.41, 5.74) is 5.44. The fourth-order valence-corrected chi connectivity index (χ4v) is 7.31. The Morgan fingerprint density at radius 1 is 1.06 bits per heavy atom. The molecule has 0 aromatic heterocycles. The highest BCUT2D eigenvalue weighted by Crippen LogP contribution is 2.36. The number of piperidine rings is 1. The quantitative estimate of drug-likeness (QED) is 0.429. The molecule has 10 heteroatoms. The molecule has 0 aromatic carbocycles. The lowest BCUT2D eigenvalue weighted by molar-refractivity contribution is -0.124. The van der Waals surface area contributed by atoms with Gasteiger partial charge in [0.05, 0.1) is 24.1 Å². The molecule has 1 saturated carbocycles. The Hall–Kier alpha value is -0.780. The van der Waals surface area contributed by atoms with Crippen LogP contribution in [0.4, 0.5) is 0 Å². The van der Waals surface area contributed by atoms with Crippen LogP contribution in [-0.4, -0.2) is 86.4 Å². The van der Waals surface area contributed by atoms with Crippen molar-refractivity contribution in [1.29, 1.82) is 0 Å². The number of rotatable bonds is 6. The number of piperazine rings is 1. The Morgan fingerprint density at radius 3 is 2.52 bits per heavy atom.